The van der Waals surface area contributed by atoms with E-state index >= 15 is 0 Å². The molecular formula is C13H12FNO2S. The lowest BCUT2D eigenvalue weighted by molar-refractivity contribution is 0.0995. The largest absolute Gasteiger partial charge is 0.494 e. The molecule has 3 nitrogen and oxygen atoms in total. The van der Waals surface area contributed by atoms with Gasteiger partial charge in [-0.2, -0.15) is 0 Å². The van der Waals surface area contributed by atoms with Crippen LogP contribution in [0.25, 0.3) is 0 Å². The summed E-state index contributed by atoms with van der Waals surface area (Å²) >= 11 is 1.28. The standard InChI is InChI=1S/C13H12FNO2S/c1-8-13(18-7-15-8)10(16)6-9-4-3-5-11(17-2)12(9)14/h3-5,7H,6H2,1-2H3. The van der Waals surface area contributed by atoms with Crippen molar-refractivity contribution in [2.24, 2.45) is 0 Å². The zero-order valence-electron chi connectivity index (χ0n) is 10.1. The molecule has 0 amide bonds. The molecule has 0 spiro atoms. The quantitative estimate of drug-likeness (QED) is 0.798. The van der Waals surface area contributed by atoms with Crippen molar-refractivity contribution in [1.82, 2.24) is 4.98 Å². The molecule has 5 heteroatoms. The van der Waals surface area contributed by atoms with Crippen LogP contribution in [0.5, 0.6) is 5.75 Å². The third-order valence-corrected chi connectivity index (χ3v) is 3.58. The second-order valence-electron chi connectivity index (χ2n) is 3.80. The van der Waals surface area contributed by atoms with Crippen molar-refractivity contribution in [2.45, 2.75) is 13.3 Å². The number of halogens is 1. The summed E-state index contributed by atoms with van der Waals surface area (Å²) in [5.41, 5.74) is 2.64. The number of nitrogens with zero attached hydrogens (tertiary/aromatic N) is 1. The van der Waals surface area contributed by atoms with Crippen LogP contribution >= 0.6 is 11.3 Å². The Hall–Kier alpha value is -1.75. The summed E-state index contributed by atoms with van der Waals surface area (Å²) < 4.78 is 18.8. The Morgan fingerprint density at radius 2 is 2.28 bits per heavy atom. The zero-order valence-corrected chi connectivity index (χ0v) is 10.9. The van der Waals surface area contributed by atoms with Crippen molar-refractivity contribution in [3.63, 3.8) is 0 Å². The number of carbonyl (C=O) groups is 1. The van der Waals surface area contributed by atoms with E-state index in [9.17, 15) is 9.18 Å². The summed E-state index contributed by atoms with van der Waals surface area (Å²) in [5.74, 6) is -0.445. The van der Waals surface area contributed by atoms with Gasteiger partial charge in [0.2, 0.25) is 0 Å². The smallest absolute Gasteiger partial charge is 0.179 e. The average molecular weight is 265 g/mol. The minimum atomic E-state index is -0.476. The molecule has 2 rings (SSSR count). The SMILES string of the molecule is COc1cccc(CC(=O)c2scnc2C)c1F. The molecule has 94 valence electrons. The van der Waals surface area contributed by atoms with Crippen LogP contribution in [0.2, 0.25) is 0 Å². The second kappa shape index (κ2) is 5.27. The molecule has 0 aliphatic heterocycles. The third kappa shape index (κ3) is 2.41. The van der Waals surface area contributed by atoms with Crippen molar-refractivity contribution >= 4 is 17.1 Å². The molecule has 0 N–H and O–H groups in total. The van der Waals surface area contributed by atoms with E-state index in [1.54, 1.807) is 24.6 Å². The lowest BCUT2D eigenvalue weighted by atomic mass is 10.1. The fraction of sp³-hybridized carbons (Fsp3) is 0.231. The van der Waals surface area contributed by atoms with Crippen molar-refractivity contribution in [3.8, 4) is 5.75 Å². The van der Waals surface area contributed by atoms with E-state index in [2.05, 4.69) is 4.98 Å². The fourth-order valence-corrected chi connectivity index (χ4v) is 2.42. The monoisotopic (exact) mass is 265 g/mol. The molecule has 1 heterocycles. The van der Waals surface area contributed by atoms with Crippen LogP contribution in [0.3, 0.4) is 0 Å². The van der Waals surface area contributed by atoms with Gasteiger partial charge in [0.05, 0.1) is 23.2 Å². The molecule has 0 atom stereocenters. The third-order valence-electron chi connectivity index (χ3n) is 2.61. The highest BCUT2D eigenvalue weighted by Crippen LogP contribution is 2.22. The van der Waals surface area contributed by atoms with E-state index in [0.717, 1.165) is 0 Å². The maximum absolute atomic E-state index is 13.9. The number of ether oxygens (including phenoxy) is 1. The topological polar surface area (TPSA) is 39.2 Å². The molecule has 0 aliphatic rings. The number of Topliss-reactive ketones (excluding diaryl/α,β-unsaturated/α-hetero) is 1. The van der Waals surface area contributed by atoms with Gasteiger partial charge in [0.1, 0.15) is 0 Å². The Labute approximate surface area is 108 Å². The number of aromatic nitrogens is 1. The first-order valence-corrected chi connectivity index (χ1v) is 6.26. The van der Waals surface area contributed by atoms with Crippen molar-refractivity contribution in [2.75, 3.05) is 7.11 Å². The molecule has 0 bridgehead atoms. The highest BCUT2D eigenvalue weighted by molar-refractivity contribution is 7.11. The zero-order chi connectivity index (χ0) is 13.1. The van der Waals surface area contributed by atoms with Crippen molar-refractivity contribution in [3.05, 3.63) is 45.7 Å². The molecule has 0 fully saturated rings. The van der Waals surface area contributed by atoms with Crippen molar-refractivity contribution < 1.29 is 13.9 Å². The first kappa shape index (κ1) is 12.7. The minimum absolute atomic E-state index is 0.0199. The van der Waals surface area contributed by atoms with Gasteiger partial charge in [-0.15, -0.1) is 11.3 Å². The number of rotatable bonds is 4. The highest BCUT2D eigenvalue weighted by atomic mass is 32.1. The fourth-order valence-electron chi connectivity index (χ4n) is 1.67. The average Bonchev–Trinajstić information content (AvgIpc) is 2.78. The van der Waals surface area contributed by atoms with Gasteiger partial charge in [-0.25, -0.2) is 9.37 Å². The van der Waals surface area contributed by atoms with E-state index in [-0.39, 0.29) is 18.0 Å². The molecule has 18 heavy (non-hydrogen) atoms. The summed E-state index contributed by atoms with van der Waals surface area (Å²) in [7, 11) is 1.40. The molecule has 2 aromatic rings. The molecule has 1 aromatic heterocycles. The summed E-state index contributed by atoms with van der Waals surface area (Å²) in [6.07, 6.45) is 0.0199. The molecule has 0 radical (unpaired) electrons. The number of benzene rings is 1. The number of aryl methyl sites for hydroxylation is 1. The summed E-state index contributed by atoms with van der Waals surface area (Å²) in [6, 6.07) is 4.79. The van der Waals surface area contributed by atoms with E-state index in [1.165, 1.54) is 24.5 Å². The van der Waals surface area contributed by atoms with Gasteiger partial charge in [0, 0.05) is 6.42 Å². The van der Waals surface area contributed by atoms with Crippen LogP contribution in [0.15, 0.2) is 23.7 Å². The van der Waals surface area contributed by atoms with Gasteiger partial charge in [0.25, 0.3) is 0 Å². The van der Waals surface area contributed by atoms with Crippen LogP contribution in [-0.2, 0) is 6.42 Å². The maximum Gasteiger partial charge on any atom is 0.179 e. The van der Waals surface area contributed by atoms with Gasteiger partial charge in [-0.1, -0.05) is 12.1 Å². The van der Waals surface area contributed by atoms with E-state index in [0.29, 0.717) is 16.1 Å². The lowest BCUT2D eigenvalue weighted by Gasteiger charge is -2.06. The number of hydrogen-bond donors (Lipinski definition) is 0. The van der Waals surface area contributed by atoms with Gasteiger partial charge >= 0.3 is 0 Å². The highest BCUT2D eigenvalue weighted by Gasteiger charge is 2.16. The van der Waals surface area contributed by atoms with Gasteiger partial charge in [0.15, 0.2) is 17.3 Å². The molecule has 0 saturated carbocycles. The molecule has 0 saturated heterocycles. The van der Waals surface area contributed by atoms with Crippen LogP contribution < -0.4 is 4.74 Å². The van der Waals surface area contributed by atoms with Gasteiger partial charge < -0.3 is 4.74 Å². The minimum Gasteiger partial charge on any atom is -0.494 e. The molecule has 0 aliphatic carbocycles. The summed E-state index contributed by atoms with van der Waals surface area (Å²) in [4.78, 5) is 16.6. The second-order valence-corrected chi connectivity index (χ2v) is 4.65. The first-order valence-electron chi connectivity index (χ1n) is 5.38. The normalized spacial score (nSPS) is 10.4. The van der Waals surface area contributed by atoms with E-state index in [1.807, 2.05) is 0 Å². The molecule has 0 unspecified atom stereocenters. The number of hydrogen-bond acceptors (Lipinski definition) is 4. The molecular weight excluding hydrogens is 253 g/mol. The Kier molecular flexibility index (Phi) is 3.72. The van der Waals surface area contributed by atoms with Crippen molar-refractivity contribution in [1.29, 1.82) is 0 Å². The Morgan fingerprint density at radius 1 is 1.50 bits per heavy atom. The van der Waals surface area contributed by atoms with Gasteiger partial charge in [-0.05, 0) is 18.6 Å². The number of carbonyl (C=O) groups excluding carboxylic acids is 1. The predicted octanol–water partition coefficient (Wildman–Crippen LogP) is 3.02. The summed E-state index contributed by atoms with van der Waals surface area (Å²) in [5, 5.41) is 0. The predicted molar refractivity (Wildman–Crippen MR) is 67.8 cm³/mol. The van der Waals surface area contributed by atoms with Crippen LogP contribution in [0, 0.1) is 12.7 Å². The van der Waals surface area contributed by atoms with Crippen LogP contribution in [0.4, 0.5) is 4.39 Å². The first-order chi connectivity index (χ1) is 8.63. The lowest BCUT2D eigenvalue weighted by Crippen LogP contribution is -2.05. The van der Waals surface area contributed by atoms with Crippen LogP contribution in [0.1, 0.15) is 20.9 Å². The maximum atomic E-state index is 13.9. The number of thiazole rings is 1. The Bertz CT molecular complexity index is 580. The van der Waals surface area contributed by atoms with Crippen LogP contribution in [-0.4, -0.2) is 17.9 Å². The van der Waals surface area contributed by atoms with E-state index < -0.39 is 5.82 Å². The number of methoxy groups -OCH3 is 1. The van der Waals surface area contributed by atoms with E-state index in [4.69, 9.17) is 4.74 Å². The Morgan fingerprint density at radius 3 is 2.89 bits per heavy atom. The molecule has 1 aromatic carbocycles. The Balaban J connectivity index is 2.25. The van der Waals surface area contributed by atoms with Gasteiger partial charge in [-0.3, -0.25) is 4.79 Å². The number of ketones is 1. The summed E-state index contributed by atoms with van der Waals surface area (Å²) in [6.45, 7) is 1.77.